The number of carbonyl (C=O) groups excluding carboxylic acids is 1. The number of halogens is 1. The third kappa shape index (κ3) is 4.18. The van der Waals surface area contributed by atoms with E-state index in [0.29, 0.717) is 35.7 Å². The van der Waals surface area contributed by atoms with E-state index in [1.165, 1.54) is 25.2 Å². The van der Waals surface area contributed by atoms with Crippen LogP contribution in [0.5, 0.6) is 11.6 Å². The van der Waals surface area contributed by atoms with E-state index in [9.17, 15) is 9.18 Å². The van der Waals surface area contributed by atoms with Crippen molar-refractivity contribution in [3.8, 4) is 11.6 Å². The quantitative estimate of drug-likeness (QED) is 0.613. The molecule has 1 unspecified atom stereocenters. The minimum atomic E-state index is -0.697. The van der Waals surface area contributed by atoms with E-state index in [0.717, 1.165) is 18.7 Å². The number of aromatic amines is 1. The maximum absolute atomic E-state index is 14.8. The van der Waals surface area contributed by atoms with Gasteiger partial charge in [-0.3, -0.25) is 9.69 Å². The molecule has 2 aromatic heterocycles. The van der Waals surface area contributed by atoms with Crippen LogP contribution in [-0.2, 0) is 11.2 Å². The fraction of sp³-hybridized carbons (Fsp3) is 0.435. The second kappa shape index (κ2) is 8.48. The van der Waals surface area contributed by atoms with Crippen LogP contribution in [0.1, 0.15) is 24.0 Å². The van der Waals surface area contributed by atoms with E-state index in [1.54, 1.807) is 18.3 Å². The maximum Gasteiger partial charge on any atom is 0.239 e. The number of fused-ring (bicyclic) bond motifs is 1. The van der Waals surface area contributed by atoms with Gasteiger partial charge >= 0.3 is 0 Å². The molecule has 0 bridgehead atoms. The van der Waals surface area contributed by atoms with Crippen molar-refractivity contribution in [2.75, 3.05) is 26.2 Å². The van der Waals surface area contributed by atoms with Crippen molar-refractivity contribution in [3.63, 3.8) is 0 Å². The molecule has 168 valence electrons. The lowest BCUT2D eigenvalue weighted by molar-refractivity contribution is -0.134. The monoisotopic (exact) mass is 438 g/mol. The summed E-state index contributed by atoms with van der Waals surface area (Å²) < 4.78 is 20.5. The van der Waals surface area contributed by atoms with Crippen LogP contribution in [0.3, 0.4) is 0 Å². The van der Waals surface area contributed by atoms with Gasteiger partial charge in [-0.1, -0.05) is 6.07 Å². The Bertz CT molecular complexity index is 1140. The van der Waals surface area contributed by atoms with Crippen molar-refractivity contribution in [2.45, 2.75) is 38.3 Å². The number of hydrogen-bond donors (Lipinski definition) is 2. The smallest absolute Gasteiger partial charge is 0.239 e. The van der Waals surface area contributed by atoms with Gasteiger partial charge in [0, 0.05) is 38.4 Å². The summed E-state index contributed by atoms with van der Waals surface area (Å²) >= 11 is 0. The third-order valence-corrected chi connectivity index (χ3v) is 6.30. The van der Waals surface area contributed by atoms with Gasteiger partial charge in [-0.15, -0.1) is 0 Å². The van der Waals surface area contributed by atoms with Crippen molar-refractivity contribution < 1.29 is 13.9 Å². The molecule has 1 aliphatic carbocycles. The summed E-state index contributed by atoms with van der Waals surface area (Å²) in [5.74, 6) is -0.254. The second-order valence-electron chi connectivity index (χ2n) is 8.64. The van der Waals surface area contributed by atoms with E-state index in [1.807, 2.05) is 11.8 Å². The highest BCUT2D eigenvalue weighted by molar-refractivity contribution is 5.84. The molecule has 32 heavy (non-hydrogen) atoms. The highest BCUT2D eigenvalue weighted by Crippen LogP contribution is 2.31. The Morgan fingerprint density at radius 1 is 1.28 bits per heavy atom. The molecule has 1 atom stereocenters. The van der Waals surface area contributed by atoms with Gasteiger partial charge < -0.3 is 20.4 Å². The van der Waals surface area contributed by atoms with Gasteiger partial charge in [0.15, 0.2) is 11.6 Å². The fourth-order valence-corrected chi connectivity index (χ4v) is 4.34. The van der Waals surface area contributed by atoms with Gasteiger partial charge in [-0.25, -0.2) is 14.4 Å². The minimum Gasteiger partial charge on any atom is -0.435 e. The summed E-state index contributed by atoms with van der Waals surface area (Å²) in [5, 5.41) is 0.713. The molecule has 9 heteroatoms. The number of ether oxygens (including phenoxy) is 1. The van der Waals surface area contributed by atoms with Crippen LogP contribution in [0.2, 0.25) is 0 Å². The summed E-state index contributed by atoms with van der Waals surface area (Å²) in [6, 6.07) is 4.67. The van der Waals surface area contributed by atoms with Crippen LogP contribution >= 0.6 is 0 Å². The molecule has 5 rings (SSSR count). The summed E-state index contributed by atoms with van der Waals surface area (Å²) in [5.41, 5.74) is 8.38. The Morgan fingerprint density at radius 2 is 2.06 bits per heavy atom. The number of carbonyl (C=O) groups is 1. The van der Waals surface area contributed by atoms with Gasteiger partial charge in [-0.05, 0) is 49.4 Å². The number of piperazine rings is 1. The largest absolute Gasteiger partial charge is 0.435 e. The molecule has 3 heterocycles. The van der Waals surface area contributed by atoms with Crippen LogP contribution in [0, 0.1) is 12.7 Å². The summed E-state index contributed by atoms with van der Waals surface area (Å²) in [6.45, 7) is 5.12. The molecule has 3 N–H and O–H groups in total. The molecule has 3 aromatic rings. The van der Waals surface area contributed by atoms with Crippen LogP contribution in [0.4, 0.5) is 4.39 Å². The third-order valence-electron chi connectivity index (χ3n) is 6.30. The average Bonchev–Trinajstić information content (AvgIpc) is 3.58. The van der Waals surface area contributed by atoms with E-state index < -0.39 is 11.9 Å². The molecule has 1 amide bonds. The first-order valence-corrected chi connectivity index (χ1v) is 11.0. The fourth-order valence-electron chi connectivity index (χ4n) is 4.34. The van der Waals surface area contributed by atoms with Gasteiger partial charge in [0.2, 0.25) is 11.8 Å². The predicted molar refractivity (Wildman–Crippen MR) is 118 cm³/mol. The van der Waals surface area contributed by atoms with Crippen LogP contribution in [-0.4, -0.2) is 68.9 Å². The maximum atomic E-state index is 14.8. The second-order valence-corrected chi connectivity index (χ2v) is 8.64. The number of amides is 1. The Kier molecular flexibility index (Phi) is 5.52. The number of hydrogen-bond acceptors (Lipinski definition) is 6. The number of rotatable bonds is 6. The Labute approximate surface area is 185 Å². The molecular formula is C23H27FN6O2. The van der Waals surface area contributed by atoms with E-state index in [2.05, 4.69) is 19.9 Å². The minimum absolute atomic E-state index is 0.0606. The summed E-state index contributed by atoms with van der Waals surface area (Å²) in [4.78, 5) is 28.4. The number of benzene rings is 1. The van der Waals surface area contributed by atoms with Crippen LogP contribution in [0.15, 0.2) is 30.7 Å². The molecule has 8 nitrogen and oxygen atoms in total. The van der Waals surface area contributed by atoms with Crippen molar-refractivity contribution in [2.24, 2.45) is 5.73 Å². The van der Waals surface area contributed by atoms with Crippen molar-refractivity contribution in [3.05, 3.63) is 47.7 Å². The molecule has 2 aliphatic rings. The number of nitrogens with two attached hydrogens (primary N) is 1. The van der Waals surface area contributed by atoms with Crippen LogP contribution in [0.25, 0.3) is 11.0 Å². The zero-order valence-electron chi connectivity index (χ0n) is 18.1. The SMILES string of the molecule is Cc1c[nH]c2ncnc(Oc3ccc(CC(N)C(=O)N4CCN(C5CC5)CC4)cc3F)c12. The number of aromatic nitrogens is 3. The van der Waals surface area contributed by atoms with E-state index >= 15 is 0 Å². The normalized spacial score (nSPS) is 18.2. The van der Waals surface area contributed by atoms with Crippen molar-refractivity contribution in [1.82, 2.24) is 24.8 Å². The van der Waals surface area contributed by atoms with Crippen molar-refractivity contribution >= 4 is 16.9 Å². The average molecular weight is 439 g/mol. The first-order valence-electron chi connectivity index (χ1n) is 11.0. The number of nitrogens with zero attached hydrogens (tertiary/aromatic N) is 4. The standard InChI is InChI=1S/C23H27FN6O2/c1-14-12-26-21-20(14)22(28-13-27-21)32-19-5-2-15(10-17(19)24)11-18(25)23(31)30-8-6-29(7-9-30)16-3-4-16/h2,5,10,12-13,16,18H,3-4,6-9,11,25H2,1H3,(H,26,27,28). The molecule has 1 aliphatic heterocycles. The van der Waals surface area contributed by atoms with E-state index in [-0.39, 0.29) is 24.0 Å². The Balaban J connectivity index is 1.23. The molecule has 0 spiro atoms. The zero-order valence-corrected chi connectivity index (χ0v) is 18.1. The van der Waals surface area contributed by atoms with Crippen molar-refractivity contribution in [1.29, 1.82) is 0 Å². The van der Waals surface area contributed by atoms with Gasteiger partial charge in [-0.2, -0.15) is 0 Å². The molecular weight excluding hydrogens is 411 g/mol. The van der Waals surface area contributed by atoms with Gasteiger partial charge in [0.05, 0.1) is 11.4 Å². The zero-order chi connectivity index (χ0) is 22.2. The number of H-pyrrole nitrogens is 1. The predicted octanol–water partition coefficient (Wildman–Crippen LogP) is 2.37. The Hall–Kier alpha value is -3.04. The highest BCUT2D eigenvalue weighted by Gasteiger charge is 2.33. The molecule has 1 saturated heterocycles. The van der Waals surface area contributed by atoms with Gasteiger partial charge in [0.25, 0.3) is 0 Å². The van der Waals surface area contributed by atoms with Gasteiger partial charge in [0.1, 0.15) is 12.0 Å². The topological polar surface area (TPSA) is 100 Å². The first-order chi connectivity index (χ1) is 15.5. The van der Waals surface area contributed by atoms with E-state index in [4.69, 9.17) is 10.5 Å². The number of nitrogens with one attached hydrogen (secondary N) is 1. The lowest BCUT2D eigenvalue weighted by Crippen LogP contribution is -2.54. The molecule has 0 radical (unpaired) electrons. The number of aryl methyl sites for hydroxylation is 1. The molecule has 1 saturated carbocycles. The summed E-state index contributed by atoms with van der Waals surface area (Å²) in [6.07, 6.45) is 5.98. The Morgan fingerprint density at radius 3 is 2.78 bits per heavy atom. The lowest BCUT2D eigenvalue weighted by atomic mass is 10.0. The first kappa shape index (κ1) is 20.8. The lowest BCUT2D eigenvalue weighted by Gasteiger charge is -2.36. The summed E-state index contributed by atoms with van der Waals surface area (Å²) in [7, 11) is 0. The highest BCUT2D eigenvalue weighted by atomic mass is 19.1. The molecule has 2 fully saturated rings. The van der Waals surface area contributed by atoms with Crippen LogP contribution < -0.4 is 10.5 Å². The molecule has 1 aromatic carbocycles.